The molecule has 0 radical (unpaired) electrons. The lowest BCUT2D eigenvalue weighted by atomic mass is 10.1. The van der Waals surface area contributed by atoms with Crippen LogP contribution in [-0.4, -0.2) is 82.7 Å². The third kappa shape index (κ3) is 4.70. The molecule has 2 amide bonds. The number of carbonyl (C=O) groups excluding carboxylic acids is 2. The number of nitrogens with one attached hydrogen (secondary N) is 2. The Hall–Kier alpha value is -4.92. The fraction of sp³-hybridized carbons (Fsp3) is 0.360. The molecule has 3 aliphatic heterocycles. The van der Waals surface area contributed by atoms with Gasteiger partial charge in [0.2, 0.25) is 5.43 Å². The normalized spacial score (nSPS) is 18.6. The number of hydrogen-bond donors (Lipinski definition) is 3. The van der Waals surface area contributed by atoms with Gasteiger partial charge in [-0.1, -0.05) is 0 Å². The van der Waals surface area contributed by atoms with Gasteiger partial charge in [-0.05, 0) is 31.2 Å². The van der Waals surface area contributed by atoms with Crippen LogP contribution < -0.4 is 35.3 Å². The van der Waals surface area contributed by atoms with E-state index in [9.17, 15) is 19.2 Å². The second-order valence-electron chi connectivity index (χ2n) is 9.50. The Bertz CT molecular complexity index is 1590. The molecule has 0 saturated carbocycles. The van der Waals surface area contributed by atoms with Crippen molar-refractivity contribution in [2.45, 2.75) is 25.6 Å². The highest BCUT2D eigenvalue weighted by Gasteiger charge is 2.36. The lowest BCUT2D eigenvalue weighted by Gasteiger charge is -2.41. The van der Waals surface area contributed by atoms with Gasteiger partial charge < -0.3 is 39.4 Å². The third-order valence-electron chi connectivity index (χ3n) is 6.86. The van der Waals surface area contributed by atoms with Crippen LogP contribution in [0, 0.1) is 0 Å². The first-order chi connectivity index (χ1) is 19.3. The number of aromatic nitrogens is 3. The number of amides is 2. The second-order valence-corrected chi connectivity index (χ2v) is 9.50. The fourth-order valence-electron chi connectivity index (χ4n) is 4.82. The molecule has 15 nitrogen and oxygen atoms in total. The summed E-state index contributed by atoms with van der Waals surface area (Å²) in [4.78, 5) is 60.1. The molecule has 3 aliphatic rings. The molecule has 6 rings (SSSR count). The largest absolute Gasteiger partial charge is 0.511 e. The molecule has 1 atom stereocenters. The first-order valence-electron chi connectivity index (χ1n) is 12.6. The van der Waals surface area contributed by atoms with Crippen molar-refractivity contribution < 1.29 is 33.7 Å². The molecule has 6 heterocycles. The zero-order chi connectivity index (χ0) is 28.0. The van der Waals surface area contributed by atoms with E-state index in [1.54, 1.807) is 28.8 Å². The van der Waals surface area contributed by atoms with Gasteiger partial charge in [0.05, 0.1) is 18.1 Å². The number of nitrogens with zero attached hydrogens (tertiary/aromatic N) is 5. The van der Waals surface area contributed by atoms with Crippen molar-refractivity contribution in [2.24, 2.45) is 0 Å². The molecule has 0 aliphatic carbocycles. The Morgan fingerprint density at radius 2 is 1.95 bits per heavy atom. The Kier molecular flexibility index (Phi) is 6.34. The minimum absolute atomic E-state index is 0.0757. The summed E-state index contributed by atoms with van der Waals surface area (Å²) in [5, 5.41) is 15.2. The Balaban J connectivity index is 1.06. The summed E-state index contributed by atoms with van der Waals surface area (Å²) in [5.41, 5.74) is -0.0906. The summed E-state index contributed by atoms with van der Waals surface area (Å²) in [6.07, 6.45) is -1.10. The van der Waals surface area contributed by atoms with E-state index >= 15 is 0 Å². The number of hydrogen-bond acceptors (Lipinski definition) is 11. The van der Waals surface area contributed by atoms with Crippen molar-refractivity contribution in [1.29, 1.82) is 0 Å². The minimum atomic E-state index is -1.55. The molecule has 2 saturated heterocycles. The molecule has 3 N–H and O–H groups in total. The number of aryl methyl sites for hydroxylation is 1. The predicted molar refractivity (Wildman–Crippen MR) is 140 cm³/mol. The zero-order valence-corrected chi connectivity index (χ0v) is 21.3. The number of anilines is 3. The molecule has 3 aromatic heterocycles. The molecular weight excluding hydrogens is 526 g/mol. The van der Waals surface area contributed by atoms with Crippen molar-refractivity contribution in [3.8, 4) is 11.5 Å². The topological polar surface area (TPSA) is 177 Å². The maximum absolute atomic E-state index is 12.6. The van der Waals surface area contributed by atoms with Crippen LogP contribution in [0.4, 0.5) is 27.0 Å². The van der Waals surface area contributed by atoms with E-state index in [4.69, 9.17) is 14.6 Å². The van der Waals surface area contributed by atoms with Gasteiger partial charge in [0.25, 0.3) is 5.91 Å². The molecule has 0 bridgehead atoms. The highest BCUT2D eigenvalue weighted by molar-refractivity contribution is 5.95. The van der Waals surface area contributed by atoms with E-state index in [0.717, 1.165) is 0 Å². The van der Waals surface area contributed by atoms with Crippen molar-refractivity contribution in [2.75, 3.05) is 47.9 Å². The van der Waals surface area contributed by atoms with Crippen LogP contribution in [0.1, 0.15) is 6.92 Å². The predicted octanol–water partition coefficient (Wildman–Crippen LogP) is 1.00. The number of carbonyl (C=O) groups is 3. The SMILES string of the molecule is CCn1cc(OC(=O)O)c(=O)c2ccc(N3CC(NC[C@@H]4CN(c5ccc6c(n5)NC(=O)CO6)C(=O)O4)C3)nc21. The van der Waals surface area contributed by atoms with Gasteiger partial charge >= 0.3 is 12.2 Å². The highest BCUT2D eigenvalue weighted by Crippen LogP contribution is 2.30. The summed E-state index contributed by atoms with van der Waals surface area (Å²) in [7, 11) is 0. The van der Waals surface area contributed by atoms with Crippen molar-refractivity contribution in [1.82, 2.24) is 19.9 Å². The average molecular weight is 552 g/mol. The van der Waals surface area contributed by atoms with Crippen LogP contribution in [0.3, 0.4) is 0 Å². The Morgan fingerprint density at radius 3 is 2.73 bits per heavy atom. The molecule has 3 aromatic rings. The van der Waals surface area contributed by atoms with Gasteiger partial charge in [-0.3, -0.25) is 14.5 Å². The molecule has 2 fully saturated rings. The summed E-state index contributed by atoms with van der Waals surface area (Å²) in [6.45, 7) is 4.31. The van der Waals surface area contributed by atoms with Gasteiger partial charge in [-0.15, -0.1) is 0 Å². The molecular formula is C25H25N7O8. The van der Waals surface area contributed by atoms with Gasteiger partial charge in [-0.25, -0.2) is 19.6 Å². The van der Waals surface area contributed by atoms with E-state index in [1.807, 2.05) is 11.8 Å². The number of rotatable bonds is 7. The second kappa shape index (κ2) is 10.00. The molecule has 208 valence electrons. The number of fused-ring (bicyclic) bond motifs is 2. The summed E-state index contributed by atoms with van der Waals surface area (Å²) >= 11 is 0. The van der Waals surface area contributed by atoms with Crippen LogP contribution >= 0.6 is 0 Å². The van der Waals surface area contributed by atoms with Crippen LogP contribution in [-0.2, 0) is 16.1 Å². The van der Waals surface area contributed by atoms with E-state index in [1.165, 1.54) is 11.1 Å². The number of carboxylic acid groups (broad SMARTS) is 1. The highest BCUT2D eigenvalue weighted by atomic mass is 16.7. The maximum Gasteiger partial charge on any atom is 0.511 e. The standard InChI is InChI=1S/C25H25N7O8/c1-2-30-11-17(40-25(36)37)21(34)15-3-5-18(28-23(15)30)31-8-13(9-31)26-7-14-10-32(24(35)39-14)19-6-4-16-22(27-19)29-20(33)12-38-16/h3-6,11,13-14,26H,2,7-10,12H2,1H3,(H,36,37)(H,27,29,33)/t14-/m1/s1. The monoisotopic (exact) mass is 551 g/mol. The van der Waals surface area contributed by atoms with E-state index in [2.05, 4.69) is 25.3 Å². The lowest BCUT2D eigenvalue weighted by Crippen LogP contribution is -2.59. The minimum Gasteiger partial charge on any atom is -0.480 e. The van der Waals surface area contributed by atoms with E-state index < -0.39 is 17.7 Å². The Labute approximate surface area is 226 Å². The third-order valence-corrected chi connectivity index (χ3v) is 6.86. The molecule has 0 spiro atoms. The van der Waals surface area contributed by atoms with E-state index in [-0.39, 0.29) is 41.6 Å². The van der Waals surface area contributed by atoms with Crippen molar-refractivity contribution in [3.63, 3.8) is 0 Å². The smallest absolute Gasteiger partial charge is 0.480 e. The molecule has 0 unspecified atom stereocenters. The molecule has 15 heteroatoms. The van der Waals surface area contributed by atoms with Crippen molar-refractivity contribution >= 4 is 46.6 Å². The number of pyridine rings is 3. The summed E-state index contributed by atoms with van der Waals surface area (Å²) < 4.78 is 17.1. The molecule has 0 aromatic carbocycles. The fourth-order valence-corrected chi connectivity index (χ4v) is 4.82. The van der Waals surface area contributed by atoms with Gasteiger partial charge in [0.1, 0.15) is 23.4 Å². The quantitative estimate of drug-likeness (QED) is 0.356. The summed E-state index contributed by atoms with van der Waals surface area (Å²) in [6, 6.07) is 6.79. The van der Waals surface area contributed by atoms with Crippen LogP contribution in [0.25, 0.3) is 11.0 Å². The average Bonchev–Trinajstić information content (AvgIpc) is 3.28. The van der Waals surface area contributed by atoms with Gasteiger partial charge in [0, 0.05) is 32.2 Å². The van der Waals surface area contributed by atoms with Crippen molar-refractivity contribution in [3.05, 3.63) is 40.7 Å². The van der Waals surface area contributed by atoms with E-state index in [0.29, 0.717) is 55.8 Å². The van der Waals surface area contributed by atoms with Crippen LogP contribution in [0.2, 0.25) is 0 Å². The van der Waals surface area contributed by atoms with Gasteiger partial charge in [-0.2, -0.15) is 0 Å². The van der Waals surface area contributed by atoms with Crippen LogP contribution in [0.15, 0.2) is 35.3 Å². The van der Waals surface area contributed by atoms with Gasteiger partial charge in [0.15, 0.2) is 23.9 Å². The first-order valence-corrected chi connectivity index (χ1v) is 12.6. The number of ether oxygens (including phenoxy) is 3. The zero-order valence-electron chi connectivity index (χ0n) is 21.3. The Morgan fingerprint density at radius 1 is 1.15 bits per heavy atom. The summed E-state index contributed by atoms with van der Waals surface area (Å²) in [5.74, 6) is 1.19. The number of cyclic esters (lactones) is 1. The maximum atomic E-state index is 12.6. The lowest BCUT2D eigenvalue weighted by molar-refractivity contribution is -0.118. The first kappa shape index (κ1) is 25.4. The molecule has 40 heavy (non-hydrogen) atoms. The van der Waals surface area contributed by atoms with Crippen LogP contribution in [0.5, 0.6) is 11.5 Å².